The Hall–Kier alpha value is -0.300. The van der Waals surface area contributed by atoms with Crippen molar-refractivity contribution in [3.05, 3.63) is 12.2 Å². The Bertz CT molecular complexity index is 96.7. The molecule has 1 nitrogen and oxygen atoms in total. The summed E-state index contributed by atoms with van der Waals surface area (Å²) in [4.78, 5) is 0. The van der Waals surface area contributed by atoms with Crippen LogP contribution in [0.3, 0.4) is 0 Å². The molecule has 1 aliphatic rings. The summed E-state index contributed by atoms with van der Waals surface area (Å²) in [6.07, 6.45) is 7.17. The van der Waals surface area contributed by atoms with Gasteiger partial charge in [0.1, 0.15) is 0 Å². The van der Waals surface area contributed by atoms with Crippen LogP contribution in [0.15, 0.2) is 12.2 Å². The lowest BCUT2D eigenvalue weighted by Gasteiger charge is -2.04. The van der Waals surface area contributed by atoms with E-state index >= 15 is 0 Å². The lowest BCUT2D eigenvalue weighted by Crippen LogP contribution is -2.14. The predicted octanol–water partition coefficient (Wildman–Crippen LogP) is 1.56. The van der Waals surface area contributed by atoms with Gasteiger partial charge < -0.3 is 5.32 Å². The largest absolute Gasteiger partial charge is 0.313 e. The predicted molar refractivity (Wildman–Crippen MR) is 40.4 cm³/mol. The molecule has 0 radical (unpaired) electrons. The minimum absolute atomic E-state index is 0.833. The lowest BCUT2D eigenvalue weighted by atomic mass is 10.0. The summed E-state index contributed by atoms with van der Waals surface area (Å²) in [6.45, 7) is 4.50. The second-order valence-electron chi connectivity index (χ2n) is 2.59. The molecule has 0 aromatic carbocycles. The first-order valence-corrected chi connectivity index (χ1v) is 3.81. The molecule has 0 aromatic rings. The first kappa shape index (κ1) is 6.81. The smallest absolute Gasteiger partial charge is 0.0134 e. The Morgan fingerprint density at radius 3 is 3.33 bits per heavy atom. The zero-order valence-corrected chi connectivity index (χ0v) is 6.06. The summed E-state index contributed by atoms with van der Waals surface area (Å²) in [5.74, 6) is 0.833. The zero-order valence-electron chi connectivity index (χ0n) is 6.06. The van der Waals surface area contributed by atoms with E-state index in [2.05, 4.69) is 24.4 Å². The molecule has 0 amide bonds. The minimum Gasteiger partial charge on any atom is -0.313 e. The fourth-order valence-corrected chi connectivity index (χ4v) is 1.17. The van der Waals surface area contributed by atoms with Crippen molar-refractivity contribution in [2.75, 3.05) is 13.1 Å². The van der Waals surface area contributed by atoms with Gasteiger partial charge in [0.15, 0.2) is 0 Å². The van der Waals surface area contributed by atoms with Gasteiger partial charge in [-0.05, 0) is 25.3 Å². The molecule has 9 heavy (non-hydrogen) atoms. The van der Waals surface area contributed by atoms with Gasteiger partial charge in [0.05, 0.1) is 0 Å². The Labute approximate surface area is 57.1 Å². The van der Waals surface area contributed by atoms with Gasteiger partial charge in [-0.15, -0.1) is 0 Å². The lowest BCUT2D eigenvalue weighted by molar-refractivity contribution is 0.559. The van der Waals surface area contributed by atoms with E-state index in [0.717, 1.165) is 12.5 Å². The molecule has 0 spiro atoms. The van der Waals surface area contributed by atoms with Crippen LogP contribution in [0.25, 0.3) is 0 Å². The second kappa shape index (κ2) is 3.67. The van der Waals surface area contributed by atoms with E-state index in [1.54, 1.807) is 0 Å². The Morgan fingerprint density at radius 1 is 1.67 bits per heavy atom. The quantitative estimate of drug-likeness (QED) is 0.524. The van der Waals surface area contributed by atoms with E-state index in [-0.39, 0.29) is 0 Å². The highest BCUT2D eigenvalue weighted by atomic mass is 14.8. The molecule has 1 N–H and O–H groups in total. The highest BCUT2D eigenvalue weighted by Gasteiger charge is 2.02. The van der Waals surface area contributed by atoms with Gasteiger partial charge in [0.2, 0.25) is 0 Å². The van der Waals surface area contributed by atoms with Crippen LogP contribution in [0.5, 0.6) is 0 Å². The number of rotatable bonds is 1. The van der Waals surface area contributed by atoms with Gasteiger partial charge in [-0.2, -0.15) is 0 Å². The summed E-state index contributed by atoms with van der Waals surface area (Å²) in [7, 11) is 0. The highest BCUT2D eigenvalue weighted by Crippen LogP contribution is 2.09. The summed E-state index contributed by atoms with van der Waals surface area (Å²) in [6, 6.07) is 0. The monoisotopic (exact) mass is 125 g/mol. The minimum atomic E-state index is 0.833. The standard InChI is InChI=1S/C8H15N/c1-2-8-4-3-6-9-7-5-8/h3-4,8-9H,2,5-7H2,1H3. The van der Waals surface area contributed by atoms with Gasteiger partial charge in [0.25, 0.3) is 0 Å². The van der Waals surface area contributed by atoms with Crippen molar-refractivity contribution in [2.45, 2.75) is 19.8 Å². The maximum Gasteiger partial charge on any atom is 0.0134 e. The van der Waals surface area contributed by atoms with Gasteiger partial charge in [0, 0.05) is 6.54 Å². The van der Waals surface area contributed by atoms with Crippen molar-refractivity contribution < 1.29 is 0 Å². The van der Waals surface area contributed by atoms with Gasteiger partial charge in [-0.3, -0.25) is 0 Å². The van der Waals surface area contributed by atoms with Crippen LogP contribution in [-0.2, 0) is 0 Å². The molecular formula is C8H15N. The number of hydrogen-bond donors (Lipinski definition) is 1. The van der Waals surface area contributed by atoms with E-state index in [1.807, 2.05) is 0 Å². The van der Waals surface area contributed by atoms with Crippen LogP contribution >= 0.6 is 0 Å². The van der Waals surface area contributed by atoms with E-state index < -0.39 is 0 Å². The Kier molecular flexibility index (Phi) is 2.78. The van der Waals surface area contributed by atoms with Crippen LogP contribution in [0.2, 0.25) is 0 Å². The summed E-state index contributed by atoms with van der Waals surface area (Å²) in [5, 5.41) is 3.32. The Morgan fingerprint density at radius 2 is 2.56 bits per heavy atom. The van der Waals surface area contributed by atoms with Crippen molar-refractivity contribution in [1.29, 1.82) is 0 Å². The van der Waals surface area contributed by atoms with Gasteiger partial charge >= 0.3 is 0 Å². The van der Waals surface area contributed by atoms with Crippen LogP contribution < -0.4 is 5.32 Å². The molecule has 1 heterocycles. The molecular weight excluding hydrogens is 110 g/mol. The number of allylic oxidation sites excluding steroid dienone is 1. The molecule has 1 atom stereocenters. The zero-order chi connectivity index (χ0) is 6.53. The van der Waals surface area contributed by atoms with E-state index in [9.17, 15) is 0 Å². The van der Waals surface area contributed by atoms with Crippen LogP contribution in [0, 0.1) is 5.92 Å². The first-order valence-electron chi connectivity index (χ1n) is 3.81. The third-order valence-electron chi connectivity index (χ3n) is 1.89. The molecule has 0 aliphatic carbocycles. The summed E-state index contributed by atoms with van der Waals surface area (Å²) >= 11 is 0. The third-order valence-corrected chi connectivity index (χ3v) is 1.89. The van der Waals surface area contributed by atoms with Gasteiger partial charge in [-0.1, -0.05) is 19.1 Å². The van der Waals surface area contributed by atoms with Crippen molar-refractivity contribution in [1.82, 2.24) is 5.32 Å². The van der Waals surface area contributed by atoms with Crippen LogP contribution in [-0.4, -0.2) is 13.1 Å². The normalized spacial score (nSPS) is 27.9. The molecule has 0 aromatic heterocycles. The molecule has 1 heteroatoms. The molecule has 0 bridgehead atoms. The van der Waals surface area contributed by atoms with Crippen LogP contribution in [0.4, 0.5) is 0 Å². The fourth-order valence-electron chi connectivity index (χ4n) is 1.17. The van der Waals surface area contributed by atoms with Crippen LogP contribution in [0.1, 0.15) is 19.8 Å². The maximum atomic E-state index is 3.32. The number of nitrogens with one attached hydrogen (secondary N) is 1. The Balaban J connectivity index is 2.33. The fraction of sp³-hybridized carbons (Fsp3) is 0.750. The van der Waals surface area contributed by atoms with Crippen molar-refractivity contribution >= 4 is 0 Å². The number of hydrogen-bond acceptors (Lipinski definition) is 1. The van der Waals surface area contributed by atoms with Crippen molar-refractivity contribution in [3.8, 4) is 0 Å². The van der Waals surface area contributed by atoms with Crippen molar-refractivity contribution in [2.24, 2.45) is 5.92 Å². The molecule has 1 unspecified atom stereocenters. The second-order valence-corrected chi connectivity index (χ2v) is 2.59. The van der Waals surface area contributed by atoms with E-state index in [1.165, 1.54) is 19.4 Å². The van der Waals surface area contributed by atoms with E-state index in [0.29, 0.717) is 0 Å². The highest BCUT2D eigenvalue weighted by molar-refractivity contribution is 4.92. The molecule has 1 aliphatic heterocycles. The third kappa shape index (κ3) is 2.19. The summed E-state index contributed by atoms with van der Waals surface area (Å²) in [5.41, 5.74) is 0. The summed E-state index contributed by atoms with van der Waals surface area (Å²) < 4.78 is 0. The first-order chi connectivity index (χ1) is 4.43. The average molecular weight is 125 g/mol. The molecule has 0 saturated carbocycles. The average Bonchev–Trinajstić information content (AvgIpc) is 2.13. The SMILES string of the molecule is CCC1C=CCNCC1. The molecule has 52 valence electrons. The maximum absolute atomic E-state index is 3.32. The molecule has 1 rings (SSSR count). The van der Waals surface area contributed by atoms with Crippen molar-refractivity contribution in [3.63, 3.8) is 0 Å². The topological polar surface area (TPSA) is 12.0 Å². The molecule has 0 saturated heterocycles. The molecule has 0 fully saturated rings. The van der Waals surface area contributed by atoms with Gasteiger partial charge in [-0.25, -0.2) is 0 Å². The van der Waals surface area contributed by atoms with E-state index in [4.69, 9.17) is 0 Å².